The minimum Gasteiger partial charge on any atom is -0.399 e. The first-order chi connectivity index (χ1) is 8.58. The van der Waals surface area contributed by atoms with E-state index in [-0.39, 0.29) is 0 Å². The summed E-state index contributed by atoms with van der Waals surface area (Å²) < 4.78 is 0. The van der Waals surface area contributed by atoms with Crippen molar-refractivity contribution < 1.29 is 0 Å². The number of hydrogen-bond donors (Lipinski definition) is 1. The third kappa shape index (κ3) is 2.77. The van der Waals surface area contributed by atoms with E-state index < -0.39 is 0 Å². The van der Waals surface area contributed by atoms with Crippen LogP contribution in [0.2, 0.25) is 5.02 Å². The van der Waals surface area contributed by atoms with Gasteiger partial charge in [-0.2, -0.15) is 0 Å². The molecular formula is C15H17ClN2. The van der Waals surface area contributed by atoms with Crippen molar-refractivity contribution in [1.82, 2.24) is 0 Å². The van der Waals surface area contributed by atoms with Gasteiger partial charge in [0.1, 0.15) is 0 Å². The highest BCUT2D eigenvalue weighted by atomic mass is 35.5. The monoisotopic (exact) mass is 260 g/mol. The summed E-state index contributed by atoms with van der Waals surface area (Å²) in [7, 11) is 2.06. The molecule has 0 aromatic heterocycles. The van der Waals surface area contributed by atoms with Gasteiger partial charge in [0.2, 0.25) is 0 Å². The second-order valence-corrected chi connectivity index (χ2v) is 4.89. The van der Waals surface area contributed by atoms with E-state index in [9.17, 15) is 0 Å². The Kier molecular flexibility index (Phi) is 3.78. The van der Waals surface area contributed by atoms with Crippen LogP contribution in [-0.2, 0) is 6.54 Å². The van der Waals surface area contributed by atoms with E-state index >= 15 is 0 Å². The van der Waals surface area contributed by atoms with Gasteiger partial charge in [-0.1, -0.05) is 29.8 Å². The Labute approximate surface area is 113 Å². The van der Waals surface area contributed by atoms with Crippen LogP contribution in [0.15, 0.2) is 42.5 Å². The Balaban J connectivity index is 2.22. The molecule has 18 heavy (non-hydrogen) atoms. The predicted octanol–water partition coefficient (Wildman–Crippen LogP) is 3.87. The van der Waals surface area contributed by atoms with Gasteiger partial charge in [-0.3, -0.25) is 0 Å². The third-order valence-electron chi connectivity index (χ3n) is 3.02. The SMILES string of the molecule is Cc1c(Cl)cccc1N(C)Cc1cccc(N)c1. The molecule has 2 nitrogen and oxygen atoms in total. The Morgan fingerprint density at radius 3 is 2.61 bits per heavy atom. The summed E-state index contributed by atoms with van der Waals surface area (Å²) in [6, 6.07) is 13.9. The lowest BCUT2D eigenvalue weighted by molar-refractivity contribution is 0.918. The van der Waals surface area contributed by atoms with Gasteiger partial charge < -0.3 is 10.6 Å². The van der Waals surface area contributed by atoms with Crippen LogP contribution < -0.4 is 10.6 Å². The number of nitrogen functional groups attached to an aromatic ring is 1. The van der Waals surface area contributed by atoms with Gasteiger partial charge in [-0.05, 0) is 42.3 Å². The number of nitrogens with zero attached hydrogens (tertiary/aromatic N) is 1. The molecule has 0 spiro atoms. The number of halogens is 1. The molecule has 0 amide bonds. The second-order valence-electron chi connectivity index (χ2n) is 4.49. The summed E-state index contributed by atoms with van der Waals surface area (Å²) in [5.74, 6) is 0. The quantitative estimate of drug-likeness (QED) is 0.849. The highest BCUT2D eigenvalue weighted by molar-refractivity contribution is 6.31. The summed E-state index contributed by atoms with van der Waals surface area (Å²) in [4.78, 5) is 2.18. The second kappa shape index (κ2) is 5.32. The molecule has 0 unspecified atom stereocenters. The van der Waals surface area contributed by atoms with Crippen LogP contribution >= 0.6 is 11.6 Å². The first-order valence-corrected chi connectivity index (χ1v) is 6.26. The Hall–Kier alpha value is -1.67. The van der Waals surface area contributed by atoms with Crippen molar-refractivity contribution in [1.29, 1.82) is 0 Å². The van der Waals surface area contributed by atoms with Crippen molar-refractivity contribution in [3.63, 3.8) is 0 Å². The Bertz CT molecular complexity index is 552. The minimum atomic E-state index is 0.795. The average molecular weight is 261 g/mol. The average Bonchev–Trinajstić information content (AvgIpc) is 2.32. The summed E-state index contributed by atoms with van der Waals surface area (Å²) in [5, 5.41) is 0.798. The molecule has 0 heterocycles. The van der Waals surface area contributed by atoms with Crippen LogP contribution in [0.5, 0.6) is 0 Å². The van der Waals surface area contributed by atoms with Crippen LogP contribution in [0.25, 0.3) is 0 Å². The van der Waals surface area contributed by atoms with Crippen LogP contribution in [-0.4, -0.2) is 7.05 Å². The van der Waals surface area contributed by atoms with Gasteiger partial charge in [0.05, 0.1) is 0 Å². The molecule has 0 aliphatic heterocycles. The maximum Gasteiger partial charge on any atom is 0.0455 e. The van der Waals surface area contributed by atoms with Gasteiger partial charge in [-0.25, -0.2) is 0 Å². The van der Waals surface area contributed by atoms with E-state index in [1.165, 1.54) is 5.56 Å². The molecule has 3 heteroatoms. The molecule has 0 bridgehead atoms. The number of hydrogen-bond acceptors (Lipinski definition) is 2. The van der Waals surface area contributed by atoms with Crippen LogP contribution in [0, 0.1) is 6.92 Å². The van der Waals surface area contributed by atoms with E-state index in [2.05, 4.69) is 24.1 Å². The fourth-order valence-electron chi connectivity index (χ4n) is 2.06. The van der Waals surface area contributed by atoms with E-state index in [1.54, 1.807) is 0 Å². The standard InChI is InChI=1S/C15H17ClN2/c1-11-14(16)7-4-8-15(11)18(2)10-12-5-3-6-13(17)9-12/h3-9H,10,17H2,1-2H3. The first-order valence-electron chi connectivity index (χ1n) is 5.88. The highest BCUT2D eigenvalue weighted by Gasteiger charge is 2.07. The minimum absolute atomic E-state index is 0.795. The lowest BCUT2D eigenvalue weighted by Crippen LogP contribution is -2.17. The Morgan fingerprint density at radius 2 is 1.89 bits per heavy atom. The van der Waals surface area contributed by atoms with Crippen LogP contribution in [0.3, 0.4) is 0 Å². The topological polar surface area (TPSA) is 29.3 Å². The largest absolute Gasteiger partial charge is 0.399 e. The number of benzene rings is 2. The van der Waals surface area contributed by atoms with Gasteiger partial charge >= 0.3 is 0 Å². The number of anilines is 2. The first kappa shape index (κ1) is 12.8. The molecule has 0 aliphatic rings. The van der Waals surface area contributed by atoms with Crippen molar-refractivity contribution in [3.05, 3.63) is 58.6 Å². The van der Waals surface area contributed by atoms with Crippen molar-refractivity contribution >= 4 is 23.0 Å². The smallest absolute Gasteiger partial charge is 0.0455 e. The zero-order valence-corrected chi connectivity index (χ0v) is 11.4. The summed E-state index contributed by atoms with van der Waals surface area (Å²) >= 11 is 6.14. The van der Waals surface area contributed by atoms with Crippen molar-refractivity contribution in [2.75, 3.05) is 17.7 Å². The van der Waals surface area contributed by atoms with Crippen molar-refractivity contribution in [3.8, 4) is 0 Å². The number of rotatable bonds is 3. The molecule has 0 saturated carbocycles. The van der Waals surface area contributed by atoms with Crippen molar-refractivity contribution in [2.24, 2.45) is 0 Å². The molecule has 2 N–H and O–H groups in total. The van der Waals surface area contributed by atoms with E-state index in [1.807, 2.05) is 37.3 Å². The van der Waals surface area contributed by atoms with E-state index in [4.69, 9.17) is 17.3 Å². The normalized spacial score (nSPS) is 10.4. The third-order valence-corrected chi connectivity index (χ3v) is 3.43. The molecule has 2 aromatic carbocycles. The maximum atomic E-state index is 6.14. The molecule has 0 aliphatic carbocycles. The molecule has 2 aromatic rings. The molecule has 0 fully saturated rings. The zero-order valence-electron chi connectivity index (χ0n) is 10.7. The van der Waals surface area contributed by atoms with Gasteiger partial charge in [0.25, 0.3) is 0 Å². The molecule has 94 valence electrons. The van der Waals surface area contributed by atoms with Gasteiger partial charge in [0.15, 0.2) is 0 Å². The molecule has 2 rings (SSSR count). The van der Waals surface area contributed by atoms with Gasteiger partial charge in [0, 0.05) is 30.0 Å². The summed E-state index contributed by atoms with van der Waals surface area (Å²) in [6.07, 6.45) is 0. The lowest BCUT2D eigenvalue weighted by Gasteiger charge is -2.22. The summed E-state index contributed by atoms with van der Waals surface area (Å²) in [6.45, 7) is 2.85. The molecule has 0 radical (unpaired) electrons. The Morgan fingerprint density at radius 1 is 1.17 bits per heavy atom. The summed E-state index contributed by atoms with van der Waals surface area (Å²) in [5.41, 5.74) is 10.0. The maximum absolute atomic E-state index is 6.14. The fraction of sp³-hybridized carbons (Fsp3) is 0.200. The predicted molar refractivity (Wildman–Crippen MR) is 79.2 cm³/mol. The fourth-order valence-corrected chi connectivity index (χ4v) is 2.23. The van der Waals surface area contributed by atoms with Crippen molar-refractivity contribution in [2.45, 2.75) is 13.5 Å². The zero-order chi connectivity index (χ0) is 13.1. The van der Waals surface area contributed by atoms with E-state index in [0.717, 1.165) is 28.5 Å². The lowest BCUT2D eigenvalue weighted by atomic mass is 10.1. The van der Waals surface area contributed by atoms with E-state index in [0.29, 0.717) is 0 Å². The molecule has 0 atom stereocenters. The van der Waals surface area contributed by atoms with Crippen LogP contribution in [0.4, 0.5) is 11.4 Å². The molecular weight excluding hydrogens is 244 g/mol. The highest BCUT2D eigenvalue weighted by Crippen LogP contribution is 2.26. The molecule has 0 saturated heterocycles. The van der Waals surface area contributed by atoms with Crippen LogP contribution in [0.1, 0.15) is 11.1 Å². The number of nitrogens with two attached hydrogens (primary N) is 1. The van der Waals surface area contributed by atoms with Gasteiger partial charge in [-0.15, -0.1) is 0 Å².